The van der Waals surface area contributed by atoms with E-state index in [1.54, 1.807) is 0 Å². The van der Waals surface area contributed by atoms with Crippen molar-refractivity contribution in [2.24, 2.45) is 17.8 Å². The number of nitrogens with one attached hydrogen (secondary N) is 1. The fraction of sp³-hybridized carbons (Fsp3) is 0.944. The Labute approximate surface area is 129 Å². The van der Waals surface area contributed by atoms with Crippen LogP contribution in [0.2, 0.25) is 0 Å². The summed E-state index contributed by atoms with van der Waals surface area (Å²) in [5, 5.41) is 3.72. The molecule has 2 aliphatic carbocycles. The number of hydrogen-bond donors (Lipinski definition) is 1. The molecular weight excluding hydrogens is 260 g/mol. The van der Waals surface area contributed by atoms with Gasteiger partial charge < -0.3 is 4.90 Å². The monoisotopic (exact) mass is 292 g/mol. The molecule has 0 aromatic rings. The van der Waals surface area contributed by atoms with Crippen molar-refractivity contribution in [3.8, 4) is 0 Å². The Morgan fingerprint density at radius 1 is 1.10 bits per heavy atom. The van der Waals surface area contributed by atoms with E-state index < -0.39 is 0 Å². The number of hydrogen-bond acceptors (Lipinski definition) is 2. The number of rotatable bonds is 6. The number of nitrogens with zero attached hydrogens (tertiary/aromatic N) is 1. The fourth-order valence-electron chi connectivity index (χ4n) is 4.39. The van der Waals surface area contributed by atoms with Crippen LogP contribution in [0.3, 0.4) is 0 Å². The summed E-state index contributed by atoms with van der Waals surface area (Å²) in [6, 6.07) is 0.484. The largest absolute Gasteiger partial charge is 0.323 e. The first-order chi connectivity index (χ1) is 10.1. The topological polar surface area (TPSA) is 32.3 Å². The smallest absolute Gasteiger partial charge is 0.241 e. The van der Waals surface area contributed by atoms with Gasteiger partial charge in [-0.25, -0.2) is 0 Å². The van der Waals surface area contributed by atoms with Gasteiger partial charge in [0.1, 0.15) is 0 Å². The lowest BCUT2D eigenvalue weighted by Crippen LogP contribution is -2.47. The van der Waals surface area contributed by atoms with Gasteiger partial charge in [0.2, 0.25) is 5.91 Å². The average molecular weight is 292 g/mol. The van der Waals surface area contributed by atoms with Crippen LogP contribution in [-0.2, 0) is 4.79 Å². The third-order valence-electron chi connectivity index (χ3n) is 5.62. The maximum absolute atomic E-state index is 12.9. The molecule has 0 bridgehead atoms. The molecule has 1 heterocycles. The number of carbonyl (C=O) groups excluding carboxylic acids is 1. The van der Waals surface area contributed by atoms with Crippen LogP contribution in [0.5, 0.6) is 0 Å². The van der Waals surface area contributed by atoms with Crippen molar-refractivity contribution >= 4 is 5.91 Å². The fourth-order valence-corrected chi connectivity index (χ4v) is 4.39. The Balaban J connectivity index is 1.72. The summed E-state index contributed by atoms with van der Waals surface area (Å²) in [4.78, 5) is 15.2. The van der Waals surface area contributed by atoms with Gasteiger partial charge in [-0.05, 0) is 50.4 Å². The minimum absolute atomic E-state index is 0.0669. The minimum Gasteiger partial charge on any atom is -0.323 e. The molecule has 0 spiro atoms. The van der Waals surface area contributed by atoms with Crippen molar-refractivity contribution in [1.29, 1.82) is 0 Å². The zero-order chi connectivity index (χ0) is 15.0. The van der Waals surface area contributed by atoms with Crippen LogP contribution in [0.4, 0.5) is 0 Å². The highest BCUT2D eigenvalue weighted by atomic mass is 16.2. The van der Waals surface area contributed by atoms with Crippen LogP contribution in [-0.4, -0.2) is 29.1 Å². The lowest BCUT2D eigenvalue weighted by atomic mass is 10.0. The molecule has 3 unspecified atom stereocenters. The van der Waals surface area contributed by atoms with Crippen molar-refractivity contribution in [2.45, 2.75) is 90.4 Å². The SMILES string of the molecule is CC(C)CC1NC(C2CCCC2)N(C(C)CC2CC2)C1=O. The van der Waals surface area contributed by atoms with Crippen LogP contribution in [0, 0.1) is 17.8 Å². The maximum Gasteiger partial charge on any atom is 0.241 e. The molecule has 3 fully saturated rings. The Bertz CT molecular complexity index is 371. The summed E-state index contributed by atoms with van der Waals surface area (Å²) >= 11 is 0. The van der Waals surface area contributed by atoms with E-state index in [1.165, 1.54) is 44.9 Å². The van der Waals surface area contributed by atoms with Gasteiger partial charge in [0.15, 0.2) is 0 Å². The molecule has 2 saturated carbocycles. The van der Waals surface area contributed by atoms with E-state index in [0.29, 0.717) is 30.0 Å². The van der Waals surface area contributed by atoms with Crippen LogP contribution in [0.25, 0.3) is 0 Å². The van der Waals surface area contributed by atoms with Crippen LogP contribution in [0.1, 0.15) is 72.1 Å². The number of carbonyl (C=O) groups is 1. The molecule has 1 saturated heterocycles. The van der Waals surface area contributed by atoms with Gasteiger partial charge in [-0.3, -0.25) is 10.1 Å². The third-order valence-corrected chi connectivity index (χ3v) is 5.62. The van der Waals surface area contributed by atoms with Crippen LogP contribution in [0.15, 0.2) is 0 Å². The normalized spacial score (nSPS) is 32.4. The molecule has 1 amide bonds. The molecule has 3 nitrogen and oxygen atoms in total. The number of amides is 1. The predicted octanol–water partition coefficient (Wildman–Crippen LogP) is 3.54. The quantitative estimate of drug-likeness (QED) is 0.812. The molecule has 0 radical (unpaired) electrons. The second-order valence-corrected chi connectivity index (χ2v) is 8.11. The van der Waals surface area contributed by atoms with E-state index in [2.05, 4.69) is 31.0 Å². The summed E-state index contributed by atoms with van der Waals surface area (Å²) in [6.45, 7) is 6.71. The van der Waals surface area contributed by atoms with Crippen molar-refractivity contribution in [2.75, 3.05) is 0 Å². The molecule has 3 atom stereocenters. The van der Waals surface area contributed by atoms with E-state index in [-0.39, 0.29) is 6.04 Å². The minimum atomic E-state index is 0.0669. The van der Waals surface area contributed by atoms with Gasteiger partial charge in [0, 0.05) is 6.04 Å². The molecule has 120 valence electrons. The first-order valence-electron chi connectivity index (χ1n) is 9.14. The molecule has 3 aliphatic rings. The van der Waals surface area contributed by atoms with Gasteiger partial charge in [0.25, 0.3) is 0 Å². The highest BCUT2D eigenvalue weighted by Gasteiger charge is 2.45. The Kier molecular flexibility index (Phi) is 4.58. The van der Waals surface area contributed by atoms with Gasteiger partial charge in [-0.2, -0.15) is 0 Å². The van der Waals surface area contributed by atoms with E-state index in [0.717, 1.165) is 12.3 Å². The zero-order valence-electron chi connectivity index (χ0n) is 14.0. The molecular formula is C18H32N2O. The molecule has 3 heteroatoms. The summed E-state index contributed by atoms with van der Waals surface area (Å²) in [5.41, 5.74) is 0. The van der Waals surface area contributed by atoms with Gasteiger partial charge >= 0.3 is 0 Å². The average Bonchev–Trinajstić information content (AvgIpc) is 2.96. The van der Waals surface area contributed by atoms with Crippen molar-refractivity contribution in [1.82, 2.24) is 10.2 Å². The lowest BCUT2D eigenvalue weighted by molar-refractivity contribution is -0.133. The lowest BCUT2D eigenvalue weighted by Gasteiger charge is -2.34. The Hall–Kier alpha value is -0.570. The van der Waals surface area contributed by atoms with E-state index >= 15 is 0 Å². The second-order valence-electron chi connectivity index (χ2n) is 8.11. The highest BCUT2D eigenvalue weighted by molar-refractivity contribution is 5.84. The summed E-state index contributed by atoms with van der Waals surface area (Å²) in [6.07, 6.45) is 10.6. The zero-order valence-corrected chi connectivity index (χ0v) is 14.0. The Morgan fingerprint density at radius 3 is 2.33 bits per heavy atom. The molecule has 21 heavy (non-hydrogen) atoms. The molecule has 1 aliphatic heterocycles. The summed E-state index contributed by atoms with van der Waals surface area (Å²) in [5.74, 6) is 2.54. The van der Waals surface area contributed by atoms with Gasteiger partial charge in [0.05, 0.1) is 12.2 Å². The molecule has 3 rings (SSSR count). The first-order valence-corrected chi connectivity index (χ1v) is 9.14. The van der Waals surface area contributed by atoms with E-state index in [9.17, 15) is 4.79 Å². The van der Waals surface area contributed by atoms with Crippen molar-refractivity contribution in [3.05, 3.63) is 0 Å². The van der Waals surface area contributed by atoms with Crippen LogP contribution < -0.4 is 5.32 Å². The molecule has 0 aromatic heterocycles. The Morgan fingerprint density at radius 2 is 1.76 bits per heavy atom. The third kappa shape index (κ3) is 3.44. The first kappa shape index (κ1) is 15.3. The highest BCUT2D eigenvalue weighted by Crippen LogP contribution is 2.38. The predicted molar refractivity (Wildman–Crippen MR) is 85.8 cm³/mol. The molecule has 1 N–H and O–H groups in total. The van der Waals surface area contributed by atoms with Crippen molar-refractivity contribution < 1.29 is 4.79 Å². The summed E-state index contributed by atoms with van der Waals surface area (Å²) in [7, 11) is 0. The van der Waals surface area contributed by atoms with E-state index in [1.807, 2.05) is 0 Å². The van der Waals surface area contributed by atoms with Crippen LogP contribution >= 0.6 is 0 Å². The van der Waals surface area contributed by atoms with Crippen molar-refractivity contribution in [3.63, 3.8) is 0 Å². The maximum atomic E-state index is 12.9. The van der Waals surface area contributed by atoms with E-state index in [4.69, 9.17) is 0 Å². The second kappa shape index (κ2) is 6.28. The molecule has 0 aromatic carbocycles. The van der Waals surface area contributed by atoms with Gasteiger partial charge in [-0.1, -0.05) is 39.5 Å². The van der Waals surface area contributed by atoms with Gasteiger partial charge in [-0.15, -0.1) is 0 Å². The standard InChI is InChI=1S/C18H32N2O/c1-12(2)10-16-18(21)20(13(3)11-14-8-9-14)17(19-16)15-6-4-5-7-15/h12-17,19H,4-11H2,1-3H3. The summed E-state index contributed by atoms with van der Waals surface area (Å²) < 4.78 is 0.